The number of amides is 1. The molecule has 2 aliphatic heterocycles. The third-order valence-electron chi connectivity index (χ3n) is 4.43. The van der Waals surface area contributed by atoms with E-state index < -0.39 is 0 Å². The lowest BCUT2D eigenvalue weighted by molar-refractivity contribution is -0.135. The van der Waals surface area contributed by atoms with Crippen LogP contribution in [-0.4, -0.2) is 56.6 Å². The molecule has 2 aliphatic rings. The van der Waals surface area contributed by atoms with Crippen molar-refractivity contribution in [2.45, 2.75) is 19.8 Å². The van der Waals surface area contributed by atoms with Gasteiger partial charge in [-0.3, -0.25) is 9.20 Å². The molecule has 7 nitrogen and oxygen atoms in total. The lowest BCUT2D eigenvalue weighted by Crippen LogP contribution is -2.54. The van der Waals surface area contributed by atoms with E-state index in [0.717, 1.165) is 56.3 Å². The van der Waals surface area contributed by atoms with E-state index >= 15 is 0 Å². The van der Waals surface area contributed by atoms with Crippen LogP contribution in [0.15, 0.2) is 12.4 Å². The van der Waals surface area contributed by atoms with Crippen LogP contribution in [0.1, 0.15) is 18.7 Å². The van der Waals surface area contributed by atoms with Gasteiger partial charge in [-0.1, -0.05) is 0 Å². The fourth-order valence-electron chi connectivity index (χ4n) is 3.16. The van der Waals surface area contributed by atoms with Crippen molar-refractivity contribution in [2.24, 2.45) is 5.92 Å². The molecule has 4 heterocycles. The van der Waals surface area contributed by atoms with Crippen LogP contribution in [0.2, 0.25) is 0 Å². The summed E-state index contributed by atoms with van der Waals surface area (Å²) >= 11 is 0. The minimum atomic E-state index is 0.106. The van der Waals surface area contributed by atoms with Crippen molar-refractivity contribution < 1.29 is 4.79 Å². The summed E-state index contributed by atoms with van der Waals surface area (Å²) in [5.74, 6) is 2.07. The average molecular weight is 286 g/mol. The summed E-state index contributed by atoms with van der Waals surface area (Å²) in [6, 6.07) is 0. The molecule has 0 aliphatic carbocycles. The van der Waals surface area contributed by atoms with Crippen molar-refractivity contribution in [1.82, 2.24) is 24.5 Å². The SMILES string of the molecule is Cc1nnc2c(N3CC(C(=O)N4CCCC4)C3)nccn12. The number of rotatable bonds is 2. The van der Waals surface area contributed by atoms with Crippen LogP contribution in [0.4, 0.5) is 5.82 Å². The Balaban J connectivity index is 1.50. The molecule has 0 unspecified atom stereocenters. The molecule has 0 N–H and O–H groups in total. The summed E-state index contributed by atoms with van der Waals surface area (Å²) in [4.78, 5) is 20.8. The van der Waals surface area contributed by atoms with Gasteiger partial charge in [-0.2, -0.15) is 0 Å². The highest BCUT2D eigenvalue weighted by molar-refractivity contribution is 5.83. The molecule has 2 aromatic heterocycles. The molecule has 110 valence electrons. The molecular formula is C14H18N6O. The predicted molar refractivity (Wildman–Crippen MR) is 77.0 cm³/mol. The standard InChI is InChI=1S/C14H18N6O/c1-10-16-17-13-12(15-4-7-20(10)13)19-8-11(9-19)14(21)18-5-2-3-6-18/h4,7,11H,2-3,5-6,8-9H2,1H3. The molecule has 0 saturated carbocycles. The Hall–Kier alpha value is -2.18. The second-order valence-electron chi connectivity index (χ2n) is 5.83. The van der Waals surface area contributed by atoms with Gasteiger partial charge in [0.25, 0.3) is 0 Å². The Bertz CT molecular complexity index is 684. The van der Waals surface area contributed by atoms with Crippen molar-refractivity contribution in [3.05, 3.63) is 18.2 Å². The van der Waals surface area contributed by atoms with Crippen LogP contribution in [0.5, 0.6) is 0 Å². The molecule has 2 fully saturated rings. The second kappa shape index (κ2) is 4.68. The molecule has 0 spiro atoms. The Kier molecular flexibility index (Phi) is 2.80. The van der Waals surface area contributed by atoms with Gasteiger partial charge in [0.2, 0.25) is 11.6 Å². The number of carbonyl (C=O) groups excluding carboxylic acids is 1. The monoisotopic (exact) mass is 286 g/mol. The van der Waals surface area contributed by atoms with E-state index in [4.69, 9.17) is 0 Å². The summed E-state index contributed by atoms with van der Waals surface area (Å²) in [7, 11) is 0. The molecule has 7 heteroatoms. The van der Waals surface area contributed by atoms with Gasteiger partial charge in [0.05, 0.1) is 5.92 Å². The van der Waals surface area contributed by atoms with E-state index in [1.165, 1.54) is 0 Å². The summed E-state index contributed by atoms with van der Waals surface area (Å²) in [5, 5.41) is 8.27. The lowest BCUT2D eigenvalue weighted by atomic mass is 9.98. The quantitative estimate of drug-likeness (QED) is 0.804. The van der Waals surface area contributed by atoms with Crippen LogP contribution in [0.25, 0.3) is 5.65 Å². The summed E-state index contributed by atoms with van der Waals surface area (Å²) in [6.45, 7) is 5.22. The first-order valence-electron chi connectivity index (χ1n) is 7.44. The first kappa shape index (κ1) is 12.6. The zero-order valence-electron chi connectivity index (χ0n) is 12.1. The number of fused-ring (bicyclic) bond motifs is 1. The number of carbonyl (C=O) groups is 1. The van der Waals surface area contributed by atoms with E-state index in [1.807, 2.05) is 22.4 Å². The third kappa shape index (κ3) is 1.95. The van der Waals surface area contributed by atoms with Gasteiger partial charge in [-0.15, -0.1) is 10.2 Å². The Morgan fingerprint density at radius 3 is 2.76 bits per heavy atom. The van der Waals surface area contributed by atoms with E-state index in [-0.39, 0.29) is 5.92 Å². The minimum Gasteiger partial charge on any atom is -0.352 e. The first-order valence-corrected chi connectivity index (χ1v) is 7.44. The Labute approximate surface area is 122 Å². The molecule has 1 amide bonds. The van der Waals surface area contributed by atoms with Gasteiger partial charge < -0.3 is 9.80 Å². The maximum Gasteiger partial charge on any atom is 0.229 e. The van der Waals surface area contributed by atoms with Gasteiger partial charge in [-0.25, -0.2) is 4.98 Å². The number of aromatic nitrogens is 4. The summed E-state index contributed by atoms with van der Waals surface area (Å²) < 4.78 is 1.93. The minimum absolute atomic E-state index is 0.106. The van der Waals surface area contributed by atoms with E-state index in [0.29, 0.717) is 5.91 Å². The van der Waals surface area contributed by atoms with Crippen molar-refractivity contribution >= 4 is 17.4 Å². The molecule has 2 aromatic rings. The lowest BCUT2D eigenvalue weighted by Gasteiger charge is -2.40. The fourth-order valence-corrected chi connectivity index (χ4v) is 3.16. The van der Waals surface area contributed by atoms with Gasteiger partial charge in [-0.05, 0) is 19.8 Å². The van der Waals surface area contributed by atoms with Crippen molar-refractivity contribution in [3.63, 3.8) is 0 Å². The van der Waals surface area contributed by atoms with Crippen LogP contribution in [-0.2, 0) is 4.79 Å². The van der Waals surface area contributed by atoms with Crippen molar-refractivity contribution in [1.29, 1.82) is 0 Å². The number of aryl methyl sites for hydroxylation is 1. The van der Waals surface area contributed by atoms with E-state index in [2.05, 4.69) is 20.1 Å². The molecule has 21 heavy (non-hydrogen) atoms. The molecular weight excluding hydrogens is 268 g/mol. The zero-order valence-corrected chi connectivity index (χ0v) is 12.1. The molecule has 0 atom stereocenters. The van der Waals surface area contributed by atoms with E-state index in [1.54, 1.807) is 6.20 Å². The second-order valence-corrected chi connectivity index (χ2v) is 5.83. The molecule has 0 aromatic carbocycles. The van der Waals surface area contributed by atoms with Crippen molar-refractivity contribution in [3.8, 4) is 0 Å². The summed E-state index contributed by atoms with van der Waals surface area (Å²) in [5.41, 5.74) is 0.766. The van der Waals surface area contributed by atoms with Crippen LogP contribution < -0.4 is 4.90 Å². The van der Waals surface area contributed by atoms with Crippen LogP contribution in [0, 0.1) is 12.8 Å². The number of anilines is 1. The van der Waals surface area contributed by atoms with Crippen molar-refractivity contribution in [2.75, 3.05) is 31.1 Å². The normalized spacial score (nSPS) is 19.3. The zero-order chi connectivity index (χ0) is 14.4. The number of likely N-dealkylation sites (tertiary alicyclic amines) is 1. The number of hydrogen-bond donors (Lipinski definition) is 0. The Morgan fingerprint density at radius 2 is 2.00 bits per heavy atom. The molecule has 0 bridgehead atoms. The molecule has 4 rings (SSSR count). The first-order chi connectivity index (χ1) is 10.2. The third-order valence-corrected chi connectivity index (χ3v) is 4.43. The molecule has 0 radical (unpaired) electrons. The Morgan fingerprint density at radius 1 is 1.24 bits per heavy atom. The average Bonchev–Trinajstić information content (AvgIpc) is 3.08. The van der Waals surface area contributed by atoms with Crippen LogP contribution in [0.3, 0.4) is 0 Å². The smallest absolute Gasteiger partial charge is 0.229 e. The fraction of sp³-hybridized carbons (Fsp3) is 0.571. The number of hydrogen-bond acceptors (Lipinski definition) is 5. The van der Waals surface area contributed by atoms with Gasteiger partial charge in [0.1, 0.15) is 5.82 Å². The topological polar surface area (TPSA) is 66.6 Å². The van der Waals surface area contributed by atoms with Gasteiger partial charge in [0, 0.05) is 38.6 Å². The van der Waals surface area contributed by atoms with Gasteiger partial charge in [0.15, 0.2) is 5.82 Å². The molecule has 2 saturated heterocycles. The van der Waals surface area contributed by atoms with Gasteiger partial charge >= 0.3 is 0 Å². The maximum absolute atomic E-state index is 12.3. The number of nitrogens with zero attached hydrogens (tertiary/aromatic N) is 6. The highest BCUT2D eigenvalue weighted by atomic mass is 16.2. The predicted octanol–water partition coefficient (Wildman–Crippen LogP) is 0.491. The largest absolute Gasteiger partial charge is 0.352 e. The highest BCUT2D eigenvalue weighted by Crippen LogP contribution is 2.27. The van der Waals surface area contributed by atoms with Crippen LogP contribution >= 0.6 is 0 Å². The summed E-state index contributed by atoms with van der Waals surface area (Å²) in [6.07, 6.45) is 5.90. The van der Waals surface area contributed by atoms with E-state index in [9.17, 15) is 4.79 Å². The maximum atomic E-state index is 12.3. The highest BCUT2D eigenvalue weighted by Gasteiger charge is 2.37.